The fourth-order valence-corrected chi connectivity index (χ4v) is 2.04. The van der Waals surface area contributed by atoms with Crippen LogP contribution >= 0.6 is 0 Å². The first-order valence-electron chi connectivity index (χ1n) is 7.49. The second-order valence-corrected chi connectivity index (χ2v) is 5.31. The van der Waals surface area contributed by atoms with Crippen molar-refractivity contribution in [1.82, 2.24) is 10.9 Å². The highest BCUT2D eigenvalue weighted by molar-refractivity contribution is 5.83. The molecule has 0 radical (unpaired) electrons. The molecule has 0 saturated heterocycles. The maximum atomic E-state index is 11.7. The van der Waals surface area contributed by atoms with E-state index in [1.165, 1.54) is 0 Å². The maximum absolute atomic E-state index is 11.7. The summed E-state index contributed by atoms with van der Waals surface area (Å²) in [4.78, 5) is 23.3. The van der Waals surface area contributed by atoms with Crippen molar-refractivity contribution in [3.8, 4) is 11.5 Å². The average Bonchev–Trinajstić information content (AvgIpc) is 2.56. The van der Waals surface area contributed by atoms with E-state index in [1.807, 2.05) is 38.1 Å². The Morgan fingerprint density at radius 2 is 1.29 bits per heavy atom. The molecule has 2 N–H and O–H groups in total. The quantitative estimate of drug-likeness (QED) is 0.794. The Kier molecular flexibility index (Phi) is 6.19. The third-order valence-corrected chi connectivity index (χ3v) is 3.02. The summed E-state index contributed by atoms with van der Waals surface area (Å²) < 4.78 is 10.7. The minimum absolute atomic E-state index is 0.192. The number of rotatable bonds is 6. The number of aryl methyl sites for hydroxylation is 2. The highest BCUT2D eigenvalue weighted by Crippen LogP contribution is 2.15. The van der Waals surface area contributed by atoms with Crippen molar-refractivity contribution in [2.75, 3.05) is 13.2 Å². The fraction of sp³-hybridized carbons (Fsp3) is 0.222. The number of carbonyl (C=O) groups is 2. The van der Waals surface area contributed by atoms with Crippen molar-refractivity contribution >= 4 is 11.8 Å². The average molecular weight is 328 g/mol. The van der Waals surface area contributed by atoms with Crippen LogP contribution in [0.25, 0.3) is 0 Å². The molecule has 2 aromatic rings. The van der Waals surface area contributed by atoms with E-state index in [2.05, 4.69) is 10.9 Å². The summed E-state index contributed by atoms with van der Waals surface area (Å²) in [5.41, 5.74) is 6.65. The van der Waals surface area contributed by atoms with Crippen LogP contribution in [-0.4, -0.2) is 25.0 Å². The number of hydrazine groups is 1. The molecule has 2 aromatic carbocycles. The minimum atomic E-state index is -0.460. The summed E-state index contributed by atoms with van der Waals surface area (Å²) in [6.07, 6.45) is 0. The van der Waals surface area contributed by atoms with Gasteiger partial charge in [0.2, 0.25) is 0 Å². The molecule has 0 fully saturated rings. The number of amides is 2. The van der Waals surface area contributed by atoms with Gasteiger partial charge in [0, 0.05) is 0 Å². The van der Waals surface area contributed by atoms with Gasteiger partial charge in [0.1, 0.15) is 11.5 Å². The van der Waals surface area contributed by atoms with Gasteiger partial charge in [-0.1, -0.05) is 24.3 Å². The fourth-order valence-electron chi connectivity index (χ4n) is 2.04. The van der Waals surface area contributed by atoms with Crippen molar-refractivity contribution in [1.29, 1.82) is 0 Å². The molecule has 0 atom stereocenters. The molecule has 2 amide bonds. The van der Waals surface area contributed by atoms with Crippen LogP contribution in [0, 0.1) is 13.8 Å². The molecule has 0 aromatic heterocycles. The van der Waals surface area contributed by atoms with Crippen molar-refractivity contribution in [2.24, 2.45) is 0 Å². The molecule has 0 unspecified atom stereocenters. The molecule has 24 heavy (non-hydrogen) atoms. The Balaban J connectivity index is 1.68. The van der Waals surface area contributed by atoms with E-state index in [-0.39, 0.29) is 13.2 Å². The van der Waals surface area contributed by atoms with E-state index in [4.69, 9.17) is 9.47 Å². The second kappa shape index (κ2) is 8.57. The summed E-state index contributed by atoms with van der Waals surface area (Å²) in [6.45, 7) is 3.52. The number of hydrogen-bond donors (Lipinski definition) is 2. The highest BCUT2D eigenvalue weighted by Gasteiger charge is 2.07. The van der Waals surface area contributed by atoms with Crippen molar-refractivity contribution in [3.63, 3.8) is 0 Å². The summed E-state index contributed by atoms with van der Waals surface area (Å²) in [5, 5.41) is 0. The van der Waals surface area contributed by atoms with Gasteiger partial charge in [-0.05, 0) is 49.2 Å². The first kappa shape index (κ1) is 17.3. The smallest absolute Gasteiger partial charge is 0.276 e. The zero-order chi connectivity index (χ0) is 17.4. The Morgan fingerprint density at radius 1 is 0.792 bits per heavy atom. The van der Waals surface area contributed by atoms with E-state index in [0.717, 1.165) is 11.1 Å². The lowest BCUT2D eigenvalue weighted by molar-refractivity contribution is -0.131. The number of hydrogen-bond acceptors (Lipinski definition) is 4. The van der Waals surface area contributed by atoms with Crippen LogP contribution in [0.15, 0.2) is 48.5 Å². The highest BCUT2D eigenvalue weighted by atomic mass is 16.5. The number of carbonyl (C=O) groups excluding carboxylic acids is 2. The first-order chi connectivity index (χ1) is 11.5. The van der Waals surface area contributed by atoms with Gasteiger partial charge < -0.3 is 9.47 Å². The molecular weight excluding hydrogens is 308 g/mol. The number of para-hydroxylation sites is 1. The first-order valence-corrected chi connectivity index (χ1v) is 7.49. The number of ether oxygens (including phenoxy) is 2. The Hall–Kier alpha value is -3.02. The van der Waals surface area contributed by atoms with Gasteiger partial charge >= 0.3 is 0 Å². The lowest BCUT2D eigenvalue weighted by atomic mass is 10.1. The number of nitrogens with one attached hydrogen (secondary N) is 2. The van der Waals surface area contributed by atoms with Crippen LogP contribution in [0.3, 0.4) is 0 Å². The van der Waals surface area contributed by atoms with E-state index in [9.17, 15) is 9.59 Å². The summed E-state index contributed by atoms with van der Waals surface area (Å²) in [5.74, 6) is 0.277. The zero-order valence-electron chi connectivity index (χ0n) is 13.7. The van der Waals surface area contributed by atoms with E-state index < -0.39 is 11.8 Å². The van der Waals surface area contributed by atoms with Crippen LogP contribution < -0.4 is 20.3 Å². The van der Waals surface area contributed by atoms with Crippen LogP contribution in [0.2, 0.25) is 0 Å². The monoisotopic (exact) mass is 328 g/mol. The normalized spacial score (nSPS) is 9.92. The van der Waals surface area contributed by atoms with Crippen molar-refractivity contribution < 1.29 is 19.1 Å². The maximum Gasteiger partial charge on any atom is 0.276 e. The Bertz CT molecular complexity index is 681. The van der Waals surface area contributed by atoms with Gasteiger partial charge in [-0.25, -0.2) is 0 Å². The van der Waals surface area contributed by atoms with Crippen LogP contribution in [0.1, 0.15) is 11.1 Å². The molecule has 0 bridgehead atoms. The zero-order valence-corrected chi connectivity index (χ0v) is 13.7. The Morgan fingerprint density at radius 3 is 1.83 bits per heavy atom. The van der Waals surface area contributed by atoms with Gasteiger partial charge in [0.15, 0.2) is 13.2 Å². The molecule has 0 heterocycles. The molecule has 6 heteroatoms. The predicted molar refractivity (Wildman–Crippen MR) is 89.6 cm³/mol. The van der Waals surface area contributed by atoms with Crippen LogP contribution in [0.5, 0.6) is 11.5 Å². The van der Waals surface area contributed by atoms with Gasteiger partial charge in [-0.3, -0.25) is 20.4 Å². The summed E-state index contributed by atoms with van der Waals surface area (Å²) in [7, 11) is 0. The van der Waals surface area contributed by atoms with E-state index in [1.54, 1.807) is 24.3 Å². The third-order valence-electron chi connectivity index (χ3n) is 3.02. The van der Waals surface area contributed by atoms with Gasteiger partial charge in [-0.2, -0.15) is 0 Å². The summed E-state index contributed by atoms with van der Waals surface area (Å²) in [6, 6.07) is 14.6. The topological polar surface area (TPSA) is 76.7 Å². The molecular formula is C18H20N2O4. The second-order valence-electron chi connectivity index (χ2n) is 5.31. The summed E-state index contributed by atoms with van der Waals surface area (Å²) >= 11 is 0. The third kappa shape index (κ3) is 6.00. The van der Waals surface area contributed by atoms with Crippen molar-refractivity contribution in [3.05, 3.63) is 59.7 Å². The molecule has 2 rings (SSSR count). The number of benzene rings is 2. The van der Waals surface area contributed by atoms with Crippen LogP contribution in [-0.2, 0) is 9.59 Å². The van der Waals surface area contributed by atoms with Gasteiger partial charge in [0.05, 0.1) is 0 Å². The van der Waals surface area contributed by atoms with Crippen LogP contribution in [0.4, 0.5) is 0 Å². The molecule has 0 aliphatic rings. The molecule has 0 saturated carbocycles. The molecule has 0 spiro atoms. The lowest BCUT2D eigenvalue weighted by Crippen LogP contribution is -2.45. The minimum Gasteiger partial charge on any atom is -0.484 e. The lowest BCUT2D eigenvalue weighted by Gasteiger charge is -2.10. The van der Waals surface area contributed by atoms with E-state index >= 15 is 0 Å². The largest absolute Gasteiger partial charge is 0.484 e. The molecule has 0 aliphatic heterocycles. The molecule has 126 valence electrons. The standard InChI is InChI=1S/C18H20N2O4/c1-13-8-14(2)10-16(9-13)24-12-18(22)20-19-17(21)11-23-15-6-4-3-5-7-15/h3-10H,11-12H2,1-2H3,(H,19,21)(H,20,22). The molecule has 6 nitrogen and oxygen atoms in total. The molecule has 0 aliphatic carbocycles. The Labute approximate surface area is 140 Å². The van der Waals surface area contributed by atoms with Gasteiger partial charge in [0.25, 0.3) is 11.8 Å². The SMILES string of the molecule is Cc1cc(C)cc(OCC(=O)NNC(=O)COc2ccccc2)c1. The van der Waals surface area contributed by atoms with Gasteiger partial charge in [-0.15, -0.1) is 0 Å². The van der Waals surface area contributed by atoms with Crippen molar-refractivity contribution in [2.45, 2.75) is 13.8 Å². The van der Waals surface area contributed by atoms with E-state index in [0.29, 0.717) is 11.5 Å². The predicted octanol–water partition coefficient (Wildman–Crippen LogP) is 1.91.